The zero-order valence-corrected chi connectivity index (χ0v) is 12.8. The third-order valence-electron chi connectivity index (χ3n) is 3.78. The minimum Gasteiger partial charge on any atom is -0.208 e. The predicted octanol–water partition coefficient (Wildman–Crippen LogP) is 2.68. The highest BCUT2D eigenvalue weighted by Crippen LogP contribution is 2.09. The number of aryl methyl sites for hydroxylation is 4. The first-order valence-corrected chi connectivity index (χ1v) is 7.62. The van der Waals surface area contributed by atoms with E-state index in [1.54, 1.807) is 0 Å². The van der Waals surface area contributed by atoms with Crippen molar-refractivity contribution in [3.8, 4) is 0 Å². The molecule has 20 heavy (non-hydrogen) atoms. The summed E-state index contributed by atoms with van der Waals surface area (Å²) in [6.45, 7) is 0. The molecule has 0 N–H and O–H groups in total. The maximum absolute atomic E-state index is 2.23. The van der Waals surface area contributed by atoms with Crippen LogP contribution < -0.4 is 9.13 Å². The summed E-state index contributed by atoms with van der Waals surface area (Å²) in [5.41, 5.74) is 2.91. The van der Waals surface area contributed by atoms with Gasteiger partial charge in [0.05, 0.1) is 0 Å². The van der Waals surface area contributed by atoms with Gasteiger partial charge >= 0.3 is 0 Å². The summed E-state index contributed by atoms with van der Waals surface area (Å²) in [6.07, 6.45) is 16.2. The van der Waals surface area contributed by atoms with Gasteiger partial charge in [0.15, 0.2) is 24.8 Å². The first-order chi connectivity index (χ1) is 9.74. The van der Waals surface area contributed by atoms with Crippen molar-refractivity contribution in [1.82, 2.24) is 0 Å². The van der Waals surface area contributed by atoms with Crippen molar-refractivity contribution in [2.75, 3.05) is 0 Å². The van der Waals surface area contributed by atoms with Crippen molar-refractivity contribution >= 4 is 0 Å². The van der Waals surface area contributed by atoms with E-state index in [4.69, 9.17) is 0 Å². The van der Waals surface area contributed by atoms with Crippen LogP contribution in [0, 0.1) is 0 Å². The van der Waals surface area contributed by atoms with E-state index in [1.165, 1.54) is 49.7 Å². The molecule has 0 amide bonds. The molecule has 0 spiro atoms. The van der Waals surface area contributed by atoms with Gasteiger partial charge in [-0.3, -0.25) is 0 Å². The van der Waals surface area contributed by atoms with Gasteiger partial charge in [-0.25, -0.2) is 9.13 Å². The Labute approximate surface area is 122 Å². The quantitative estimate of drug-likeness (QED) is 0.540. The molecule has 0 saturated carbocycles. The van der Waals surface area contributed by atoms with Crippen molar-refractivity contribution in [3.63, 3.8) is 0 Å². The van der Waals surface area contributed by atoms with Crippen molar-refractivity contribution in [2.45, 2.75) is 38.5 Å². The first kappa shape index (κ1) is 14.7. The van der Waals surface area contributed by atoms with Crippen LogP contribution in [0.5, 0.6) is 0 Å². The molecule has 0 aliphatic carbocycles. The average molecular weight is 270 g/mol. The molecule has 0 saturated heterocycles. The summed E-state index contributed by atoms with van der Waals surface area (Å²) < 4.78 is 4.17. The Balaban J connectivity index is 1.57. The molecule has 2 heterocycles. The van der Waals surface area contributed by atoms with E-state index in [0.29, 0.717) is 0 Å². The fourth-order valence-electron chi connectivity index (χ4n) is 2.41. The zero-order chi connectivity index (χ0) is 14.2. The summed E-state index contributed by atoms with van der Waals surface area (Å²) in [7, 11) is 4.13. The Hall–Kier alpha value is -1.70. The molecule has 0 atom stereocenters. The minimum atomic E-state index is 1.21. The molecular weight excluding hydrogens is 244 g/mol. The number of rotatable bonds is 7. The zero-order valence-electron chi connectivity index (χ0n) is 12.8. The molecule has 0 unspecified atom stereocenters. The summed E-state index contributed by atoms with van der Waals surface area (Å²) in [5, 5.41) is 0. The van der Waals surface area contributed by atoms with Crippen LogP contribution in [-0.4, -0.2) is 0 Å². The van der Waals surface area contributed by atoms with Crippen LogP contribution in [0.15, 0.2) is 49.1 Å². The van der Waals surface area contributed by atoms with Gasteiger partial charge in [-0.1, -0.05) is 12.8 Å². The second-order valence-corrected chi connectivity index (χ2v) is 5.66. The Morgan fingerprint density at radius 1 is 0.600 bits per heavy atom. The molecule has 2 nitrogen and oxygen atoms in total. The van der Waals surface area contributed by atoms with E-state index in [-0.39, 0.29) is 0 Å². The van der Waals surface area contributed by atoms with Crippen molar-refractivity contribution in [2.24, 2.45) is 14.1 Å². The van der Waals surface area contributed by atoms with Crippen LogP contribution >= 0.6 is 0 Å². The number of aromatic nitrogens is 2. The SMILES string of the molecule is C[n+]1ccc(CCCCCCc2cc[n+](C)cc2)cc1. The van der Waals surface area contributed by atoms with Gasteiger partial charge in [-0.2, -0.15) is 0 Å². The number of unbranched alkanes of at least 4 members (excludes halogenated alkanes) is 3. The molecule has 0 aliphatic rings. The van der Waals surface area contributed by atoms with Crippen LogP contribution in [0.25, 0.3) is 0 Å². The molecule has 0 aromatic carbocycles. The second-order valence-electron chi connectivity index (χ2n) is 5.66. The molecule has 0 fully saturated rings. The number of pyridine rings is 2. The lowest BCUT2D eigenvalue weighted by atomic mass is 10.0. The molecule has 106 valence electrons. The van der Waals surface area contributed by atoms with E-state index in [9.17, 15) is 0 Å². The fourth-order valence-corrected chi connectivity index (χ4v) is 2.41. The van der Waals surface area contributed by atoms with E-state index < -0.39 is 0 Å². The second kappa shape index (κ2) is 7.78. The monoisotopic (exact) mass is 270 g/mol. The van der Waals surface area contributed by atoms with Crippen LogP contribution in [-0.2, 0) is 26.9 Å². The van der Waals surface area contributed by atoms with Crippen LogP contribution in [0.3, 0.4) is 0 Å². The summed E-state index contributed by atoms with van der Waals surface area (Å²) >= 11 is 0. The fraction of sp³-hybridized carbons (Fsp3) is 0.444. The molecular formula is C18H26N2+2. The number of hydrogen-bond acceptors (Lipinski definition) is 0. The Morgan fingerprint density at radius 2 is 0.950 bits per heavy atom. The summed E-state index contributed by atoms with van der Waals surface area (Å²) in [5.74, 6) is 0. The van der Waals surface area contributed by atoms with E-state index in [1.807, 2.05) is 0 Å². The van der Waals surface area contributed by atoms with Gasteiger partial charge in [0.2, 0.25) is 0 Å². The van der Waals surface area contributed by atoms with Crippen molar-refractivity contribution in [1.29, 1.82) is 0 Å². The molecule has 0 bridgehead atoms. The minimum absolute atomic E-state index is 1.21. The van der Waals surface area contributed by atoms with Crippen molar-refractivity contribution < 1.29 is 9.13 Å². The van der Waals surface area contributed by atoms with Crippen LogP contribution in [0.2, 0.25) is 0 Å². The largest absolute Gasteiger partial charge is 0.208 e. The first-order valence-electron chi connectivity index (χ1n) is 7.62. The van der Waals surface area contributed by atoms with E-state index >= 15 is 0 Å². The molecule has 2 rings (SSSR count). The van der Waals surface area contributed by atoms with Gasteiger partial charge in [0.25, 0.3) is 0 Å². The topological polar surface area (TPSA) is 7.76 Å². The predicted molar refractivity (Wildman–Crippen MR) is 81.1 cm³/mol. The van der Waals surface area contributed by atoms with E-state index in [2.05, 4.69) is 72.3 Å². The standard InChI is InChI=1S/C18H26N2/c1-19-13-9-17(10-14-19)7-5-3-4-6-8-18-11-15-20(2)16-12-18/h9-16H,3-8H2,1-2H3/q+2. The summed E-state index contributed by atoms with van der Waals surface area (Å²) in [4.78, 5) is 0. The highest BCUT2D eigenvalue weighted by atomic mass is 14.9. The Bertz CT molecular complexity index is 450. The van der Waals surface area contributed by atoms with Gasteiger partial charge in [-0.05, 0) is 36.8 Å². The summed E-state index contributed by atoms with van der Waals surface area (Å²) in [6, 6.07) is 8.90. The third kappa shape index (κ3) is 5.12. The molecule has 0 radical (unpaired) electrons. The Kier molecular flexibility index (Phi) is 5.72. The van der Waals surface area contributed by atoms with Gasteiger partial charge < -0.3 is 0 Å². The highest BCUT2D eigenvalue weighted by molar-refractivity contribution is 5.07. The molecule has 0 aliphatic heterocycles. The van der Waals surface area contributed by atoms with E-state index in [0.717, 1.165) is 0 Å². The van der Waals surface area contributed by atoms with Crippen LogP contribution in [0.4, 0.5) is 0 Å². The Morgan fingerprint density at radius 3 is 1.30 bits per heavy atom. The maximum Gasteiger partial charge on any atom is 0.168 e. The van der Waals surface area contributed by atoms with Crippen molar-refractivity contribution in [3.05, 3.63) is 60.2 Å². The molecule has 2 aromatic rings. The lowest BCUT2D eigenvalue weighted by molar-refractivity contribution is -0.671. The maximum atomic E-state index is 2.23. The highest BCUT2D eigenvalue weighted by Gasteiger charge is 1.98. The lowest BCUT2D eigenvalue weighted by Gasteiger charge is -2.02. The normalized spacial score (nSPS) is 10.7. The molecule has 2 aromatic heterocycles. The lowest BCUT2D eigenvalue weighted by Crippen LogP contribution is -2.25. The smallest absolute Gasteiger partial charge is 0.168 e. The molecule has 2 heteroatoms. The van der Waals surface area contributed by atoms with Gasteiger partial charge in [0, 0.05) is 24.3 Å². The van der Waals surface area contributed by atoms with Gasteiger partial charge in [-0.15, -0.1) is 0 Å². The van der Waals surface area contributed by atoms with Crippen LogP contribution in [0.1, 0.15) is 36.8 Å². The number of nitrogens with zero attached hydrogens (tertiary/aromatic N) is 2. The average Bonchev–Trinajstić information content (AvgIpc) is 2.46. The van der Waals surface area contributed by atoms with Gasteiger partial charge in [0.1, 0.15) is 14.1 Å². The third-order valence-corrected chi connectivity index (χ3v) is 3.78. The number of hydrogen-bond donors (Lipinski definition) is 0.